The van der Waals surface area contributed by atoms with E-state index in [1.807, 2.05) is 49.6 Å². The van der Waals surface area contributed by atoms with Crippen LogP contribution in [0.3, 0.4) is 0 Å². The fraction of sp³-hybridized carbons (Fsp3) is 0.276. The van der Waals surface area contributed by atoms with Crippen LogP contribution in [0.1, 0.15) is 54.7 Å². The smallest absolute Gasteiger partial charge is 0.348 e. The van der Waals surface area contributed by atoms with Crippen molar-refractivity contribution in [1.82, 2.24) is 0 Å². The van der Waals surface area contributed by atoms with Crippen molar-refractivity contribution in [3.63, 3.8) is 0 Å². The molecule has 9 nitrogen and oxygen atoms in total. The molecule has 9 heteroatoms. The number of ketones is 1. The van der Waals surface area contributed by atoms with Gasteiger partial charge in [-0.15, -0.1) is 0 Å². The number of rotatable bonds is 8. The Kier molecular flexibility index (Phi) is 7.31. The highest BCUT2D eigenvalue weighted by atomic mass is 16.4. The molecule has 0 saturated heterocycles. The van der Waals surface area contributed by atoms with Gasteiger partial charge < -0.3 is 18.6 Å². The van der Waals surface area contributed by atoms with Crippen molar-refractivity contribution in [1.29, 1.82) is 10.5 Å². The summed E-state index contributed by atoms with van der Waals surface area (Å²) in [5.41, 5.74) is -1.96. The Balaban J connectivity index is 1.94. The normalized spacial score (nSPS) is 10.8. The number of benzene rings is 2. The van der Waals surface area contributed by atoms with Gasteiger partial charge in [0.25, 0.3) is 0 Å². The first-order valence-corrected chi connectivity index (χ1v) is 12.4. The lowest BCUT2D eigenvalue weighted by molar-refractivity contribution is 0.103. The van der Waals surface area contributed by atoms with Crippen LogP contribution < -0.4 is 21.1 Å². The fourth-order valence-corrected chi connectivity index (χ4v) is 4.72. The van der Waals surface area contributed by atoms with Crippen LogP contribution in [-0.4, -0.2) is 32.0 Å². The average molecular weight is 511 g/mol. The van der Waals surface area contributed by atoms with Gasteiger partial charge in [0.2, 0.25) is 5.78 Å². The number of hydrogen-bond donors (Lipinski definition) is 0. The van der Waals surface area contributed by atoms with Crippen molar-refractivity contribution < 1.29 is 13.6 Å². The maximum Gasteiger partial charge on any atom is 0.348 e. The maximum atomic E-state index is 13.6. The Bertz CT molecular complexity index is 1630. The van der Waals surface area contributed by atoms with Crippen molar-refractivity contribution in [3.8, 4) is 12.1 Å². The van der Waals surface area contributed by atoms with Gasteiger partial charge in [0.05, 0.1) is 11.1 Å². The molecule has 0 saturated carbocycles. The van der Waals surface area contributed by atoms with E-state index < -0.39 is 28.2 Å². The second kappa shape index (κ2) is 10.6. The standard InChI is InChI=1S/C29H26N4O5/c1-5-32(6-2)17-9-11-19-21(15-30)25(28(35)37-23(19)13-17)27(34)26-22(16-31)20-12-10-18(33(7-3)8-4)14-24(20)38-29(26)36/h9-14H,5-8H2,1-4H3. The van der Waals surface area contributed by atoms with Crippen LogP contribution in [0, 0.1) is 22.7 Å². The molecule has 0 aliphatic heterocycles. The van der Waals surface area contributed by atoms with Gasteiger partial charge in [-0.25, -0.2) is 9.59 Å². The number of anilines is 2. The molecule has 0 aliphatic carbocycles. The summed E-state index contributed by atoms with van der Waals surface area (Å²) in [7, 11) is 0. The summed E-state index contributed by atoms with van der Waals surface area (Å²) < 4.78 is 10.9. The van der Waals surface area contributed by atoms with Crippen LogP contribution in [-0.2, 0) is 0 Å². The summed E-state index contributed by atoms with van der Waals surface area (Å²) >= 11 is 0. The molecule has 0 atom stereocenters. The van der Waals surface area contributed by atoms with Gasteiger partial charge in [-0.1, -0.05) is 0 Å². The molecule has 0 amide bonds. The minimum Gasteiger partial charge on any atom is -0.422 e. The molecular weight excluding hydrogens is 484 g/mol. The Morgan fingerprint density at radius 3 is 1.39 bits per heavy atom. The highest BCUT2D eigenvalue weighted by Crippen LogP contribution is 2.29. The number of fused-ring (bicyclic) bond motifs is 2. The van der Waals surface area contributed by atoms with Gasteiger partial charge in [0.1, 0.15) is 34.4 Å². The van der Waals surface area contributed by atoms with Gasteiger partial charge in [-0.3, -0.25) is 4.79 Å². The van der Waals surface area contributed by atoms with Gasteiger partial charge in [0, 0.05) is 60.5 Å². The molecule has 0 spiro atoms. The SMILES string of the molecule is CCN(CC)c1ccc2c(C#N)c(C(=O)c3c(C#N)c4ccc(N(CC)CC)cc4oc3=O)c(=O)oc2c1. The lowest BCUT2D eigenvalue weighted by Gasteiger charge is -2.21. The number of carbonyl (C=O) groups excluding carboxylic acids is 1. The van der Waals surface area contributed by atoms with Gasteiger partial charge >= 0.3 is 11.3 Å². The lowest BCUT2D eigenvalue weighted by Crippen LogP contribution is -2.25. The van der Waals surface area contributed by atoms with E-state index in [0.717, 1.165) is 37.6 Å². The molecule has 2 aromatic carbocycles. The van der Waals surface area contributed by atoms with E-state index in [4.69, 9.17) is 8.83 Å². The van der Waals surface area contributed by atoms with Crippen molar-refractivity contribution in [2.45, 2.75) is 27.7 Å². The third-order valence-electron chi connectivity index (χ3n) is 6.72. The highest BCUT2D eigenvalue weighted by Gasteiger charge is 2.29. The third-order valence-corrected chi connectivity index (χ3v) is 6.72. The van der Waals surface area contributed by atoms with Crippen LogP contribution >= 0.6 is 0 Å². The minimum atomic E-state index is -1.09. The average Bonchev–Trinajstić information content (AvgIpc) is 2.92. The van der Waals surface area contributed by atoms with Gasteiger partial charge in [0.15, 0.2) is 0 Å². The molecule has 0 bridgehead atoms. The summed E-state index contributed by atoms with van der Waals surface area (Å²) in [6, 6.07) is 13.8. The van der Waals surface area contributed by atoms with E-state index >= 15 is 0 Å². The number of hydrogen-bond acceptors (Lipinski definition) is 9. The second-order valence-electron chi connectivity index (χ2n) is 8.54. The molecule has 4 rings (SSSR count). The van der Waals surface area contributed by atoms with Crippen molar-refractivity contribution in [2.75, 3.05) is 36.0 Å². The Hall–Kier alpha value is -4.89. The summed E-state index contributed by atoms with van der Waals surface area (Å²) in [6.45, 7) is 10.8. The second-order valence-corrected chi connectivity index (χ2v) is 8.54. The molecule has 0 aliphatic rings. The first-order chi connectivity index (χ1) is 18.3. The fourth-order valence-electron chi connectivity index (χ4n) is 4.72. The van der Waals surface area contributed by atoms with E-state index in [1.54, 1.807) is 36.4 Å². The van der Waals surface area contributed by atoms with Gasteiger partial charge in [-0.05, 0) is 52.0 Å². The van der Waals surface area contributed by atoms with E-state index in [0.29, 0.717) is 0 Å². The Morgan fingerprint density at radius 1 is 0.711 bits per heavy atom. The zero-order chi connectivity index (χ0) is 27.6. The topological polar surface area (TPSA) is 132 Å². The van der Waals surface area contributed by atoms with E-state index in [-0.39, 0.29) is 33.1 Å². The number of nitrogens with zero attached hydrogens (tertiary/aromatic N) is 4. The molecule has 0 N–H and O–H groups in total. The maximum absolute atomic E-state index is 13.6. The van der Waals surface area contributed by atoms with Crippen molar-refractivity contribution in [3.05, 3.63) is 79.5 Å². The quantitative estimate of drug-likeness (QED) is 0.247. The third kappa shape index (κ3) is 4.29. The molecular formula is C29H26N4O5. The zero-order valence-corrected chi connectivity index (χ0v) is 21.6. The Morgan fingerprint density at radius 2 is 1.08 bits per heavy atom. The van der Waals surface area contributed by atoms with Crippen LogP contribution in [0.25, 0.3) is 21.9 Å². The molecule has 0 unspecified atom stereocenters. The molecule has 4 aromatic rings. The molecule has 38 heavy (non-hydrogen) atoms. The van der Waals surface area contributed by atoms with Crippen LogP contribution in [0.15, 0.2) is 54.8 Å². The first-order valence-electron chi connectivity index (χ1n) is 12.4. The van der Waals surface area contributed by atoms with E-state index in [1.165, 1.54) is 0 Å². The predicted molar refractivity (Wildman–Crippen MR) is 145 cm³/mol. The predicted octanol–water partition coefficient (Wildman–Crippen LogP) is 4.57. The van der Waals surface area contributed by atoms with Crippen LogP contribution in [0.2, 0.25) is 0 Å². The minimum absolute atomic E-state index is 0.141. The molecule has 192 valence electrons. The Labute approximate surface area is 218 Å². The lowest BCUT2D eigenvalue weighted by atomic mass is 9.95. The number of nitriles is 2. The summed E-state index contributed by atoms with van der Waals surface area (Å²) in [4.78, 5) is 43.8. The first kappa shape index (κ1) is 26.2. The largest absolute Gasteiger partial charge is 0.422 e. The van der Waals surface area contributed by atoms with Gasteiger partial charge in [-0.2, -0.15) is 10.5 Å². The van der Waals surface area contributed by atoms with Crippen LogP contribution in [0.5, 0.6) is 0 Å². The molecule has 0 radical (unpaired) electrons. The molecule has 2 aromatic heterocycles. The van der Waals surface area contributed by atoms with Crippen molar-refractivity contribution >= 4 is 39.1 Å². The van der Waals surface area contributed by atoms with E-state index in [2.05, 4.69) is 0 Å². The van der Waals surface area contributed by atoms with Crippen molar-refractivity contribution in [2.24, 2.45) is 0 Å². The number of carbonyl (C=O) groups is 1. The summed E-state index contributed by atoms with van der Waals surface area (Å²) in [5.74, 6) is -1.09. The summed E-state index contributed by atoms with van der Waals surface area (Å²) in [6.07, 6.45) is 0. The highest BCUT2D eigenvalue weighted by molar-refractivity contribution is 6.14. The molecule has 2 heterocycles. The van der Waals surface area contributed by atoms with Crippen LogP contribution in [0.4, 0.5) is 11.4 Å². The monoisotopic (exact) mass is 510 g/mol. The van der Waals surface area contributed by atoms with E-state index in [9.17, 15) is 24.9 Å². The molecule has 0 fully saturated rings. The zero-order valence-electron chi connectivity index (χ0n) is 21.6. The summed E-state index contributed by atoms with van der Waals surface area (Å²) in [5, 5.41) is 20.4.